The molecule has 4 rings (SSSR count). The lowest BCUT2D eigenvalue weighted by Gasteiger charge is -2.32. The normalized spacial score (nSPS) is 17.2. The number of halogens is 2. The highest BCUT2D eigenvalue weighted by Gasteiger charge is 2.26. The molecule has 5 nitrogen and oxygen atoms in total. The first-order chi connectivity index (χ1) is 13.6. The third-order valence-corrected chi connectivity index (χ3v) is 5.07. The number of ether oxygens (including phenoxy) is 1. The van der Waals surface area contributed by atoms with Gasteiger partial charge < -0.3 is 14.6 Å². The molecule has 0 unspecified atom stereocenters. The molecule has 1 atom stereocenters. The van der Waals surface area contributed by atoms with Gasteiger partial charge in [0.15, 0.2) is 0 Å². The van der Waals surface area contributed by atoms with E-state index in [9.17, 15) is 13.6 Å². The van der Waals surface area contributed by atoms with Crippen molar-refractivity contribution in [3.8, 4) is 5.75 Å². The molecule has 1 aliphatic rings. The van der Waals surface area contributed by atoms with E-state index in [0.29, 0.717) is 6.54 Å². The molecule has 1 aliphatic heterocycles. The third kappa shape index (κ3) is 4.13. The number of nitrogens with one attached hydrogen (secondary N) is 1. The number of alkyl halides is 2. The minimum atomic E-state index is -2.85. The van der Waals surface area contributed by atoms with Crippen LogP contribution in [0.3, 0.4) is 0 Å². The van der Waals surface area contributed by atoms with E-state index in [-0.39, 0.29) is 24.0 Å². The molecule has 0 aliphatic carbocycles. The second kappa shape index (κ2) is 7.96. The highest BCUT2D eigenvalue weighted by atomic mass is 19.3. The van der Waals surface area contributed by atoms with Gasteiger partial charge in [0.05, 0.1) is 17.5 Å². The topological polar surface area (TPSA) is 58.2 Å². The molecule has 3 aromatic rings. The number of aromatic nitrogens is 2. The summed E-state index contributed by atoms with van der Waals surface area (Å²) in [5.41, 5.74) is 2.72. The molecule has 0 spiro atoms. The van der Waals surface area contributed by atoms with E-state index in [0.717, 1.165) is 41.8 Å². The fraction of sp³-hybridized carbons (Fsp3) is 0.333. The van der Waals surface area contributed by atoms with Crippen LogP contribution in [0.25, 0.3) is 11.0 Å². The van der Waals surface area contributed by atoms with Crippen LogP contribution in [0.4, 0.5) is 8.78 Å². The first-order valence-electron chi connectivity index (χ1n) is 9.34. The third-order valence-electron chi connectivity index (χ3n) is 5.07. The summed E-state index contributed by atoms with van der Waals surface area (Å²) in [4.78, 5) is 22.6. The first kappa shape index (κ1) is 18.4. The predicted molar refractivity (Wildman–Crippen MR) is 101 cm³/mol. The smallest absolute Gasteiger partial charge is 0.387 e. The van der Waals surface area contributed by atoms with E-state index >= 15 is 0 Å². The van der Waals surface area contributed by atoms with Crippen LogP contribution in [-0.4, -0.2) is 40.5 Å². The molecular formula is C21H21F2N3O2. The van der Waals surface area contributed by atoms with Gasteiger partial charge in [0.1, 0.15) is 11.6 Å². The van der Waals surface area contributed by atoms with Crippen molar-refractivity contribution in [1.82, 2.24) is 14.9 Å². The number of H-pyrrole nitrogens is 1. The lowest BCUT2D eigenvalue weighted by Crippen LogP contribution is -2.40. The van der Waals surface area contributed by atoms with E-state index in [1.54, 1.807) is 12.1 Å². The van der Waals surface area contributed by atoms with Gasteiger partial charge in [-0.3, -0.25) is 4.79 Å². The van der Waals surface area contributed by atoms with Crippen LogP contribution < -0.4 is 4.74 Å². The molecule has 28 heavy (non-hydrogen) atoms. The molecule has 0 bridgehead atoms. The van der Waals surface area contributed by atoms with Crippen molar-refractivity contribution in [2.24, 2.45) is 0 Å². The van der Waals surface area contributed by atoms with Crippen LogP contribution in [0.5, 0.6) is 5.75 Å². The number of likely N-dealkylation sites (tertiary alicyclic amines) is 1. The van der Waals surface area contributed by atoms with E-state index in [2.05, 4.69) is 14.7 Å². The number of carbonyl (C=O) groups excluding carboxylic acids is 1. The zero-order valence-electron chi connectivity index (χ0n) is 15.3. The predicted octanol–water partition coefficient (Wildman–Crippen LogP) is 4.11. The van der Waals surface area contributed by atoms with Gasteiger partial charge >= 0.3 is 6.61 Å². The van der Waals surface area contributed by atoms with Crippen molar-refractivity contribution in [3.63, 3.8) is 0 Å². The van der Waals surface area contributed by atoms with Crippen LogP contribution in [0.15, 0.2) is 48.5 Å². The molecule has 1 fully saturated rings. The SMILES string of the molecule is O=C(Cc1ccc(OC(F)F)cc1)N1CCC[C@H](c2nc3ccccc3[nH]2)C1. The Balaban J connectivity index is 1.40. The number of para-hydroxylation sites is 2. The number of fused-ring (bicyclic) bond motifs is 1. The van der Waals surface area contributed by atoms with Gasteiger partial charge in [-0.1, -0.05) is 24.3 Å². The lowest BCUT2D eigenvalue weighted by molar-refractivity contribution is -0.131. The second-order valence-electron chi connectivity index (χ2n) is 7.02. The number of imidazole rings is 1. The van der Waals surface area contributed by atoms with Crippen molar-refractivity contribution >= 4 is 16.9 Å². The fourth-order valence-electron chi connectivity index (χ4n) is 3.67. The fourth-order valence-corrected chi connectivity index (χ4v) is 3.67. The maximum Gasteiger partial charge on any atom is 0.387 e. The van der Waals surface area contributed by atoms with Crippen LogP contribution >= 0.6 is 0 Å². The van der Waals surface area contributed by atoms with Gasteiger partial charge in [-0.25, -0.2) is 4.98 Å². The average Bonchev–Trinajstić information content (AvgIpc) is 3.13. The number of hydrogen-bond acceptors (Lipinski definition) is 3. The minimum Gasteiger partial charge on any atom is -0.435 e. The van der Waals surface area contributed by atoms with Crippen molar-refractivity contribution in [2.45, 2.75) is 31.8 Å². The largest absolute Gasteiger partial charge is 0.435 e. The van der Waals surface area contributed by atoms with E-state index < -0.39 is 6.61 Å². The van der Waals surface area contributed by atoms with Gasteiger partial charge in [-0.05, 0) is 42.7 Å². The van der Waals surface area contributed by atoms with Gasteiger partial charge in [0.25, 0.3) is 0 Å². The Bertz CT molecular complexity index is 923. The molecule has 1 saturated heterocycles. The number of rotatable bonds is 5. The van der Waals surface area contributed by atoms with Crippen molar-refractivity contribution < 1.29 is 18.3 Å². The maximum atomic E-state index is 12.7. The maximum absolute atomic E-state index is 12.7. The molecule has 146 valence electrons. The molecule has 7 heteroatoms. The standard InChI is InChI=1S/C21H21F2N3O2/c22-21(23)28-16-9-7-14(8-10-16)12-19(27)26-11-3-4-15(13-26)20-24-17-5-1-2-6-18(17)25-20/h1-2,5-10,15,21H,3-4,11-13H2,(H,24,25)/t15-/m0/s1. The monoisotopic (exact) mass is 385 g/mol. The second-order valence-corrected chi connectivity index (χ2v) is 7.02. The molecule has 0 saturated carbocycles. The van der Waals surface area contributed by atoms with Crippen molar-refractivity contribution in [1.29, 1.82) is 0 Å². The molecule has 0 radical (unpaired) electrons. The molecule has 2 aromatic carbocycles. The number of benzene rings is 2. The Morgan fingerprint density at radius 1 is 1.21 bits per heavy atom. The summed E-state index contributed by atoms with van der Waals surface area (Å²) in [7, 11) is 0. The van der Waals surface area contributed by atoms with E-state index in [4.69, 9.17) is 0 Å². The van der Waals surface area contributed by atoms with Gasteiger partial charge in [0.2, 0.25) is 5.91 Å². The Hall–Kier alpha value is -2.96. The summed E-state index contributed by atoms with van der Waals surface area (Å²) < 4.78 is 28.8. The van der Waals surface area contributed by atoms with Crippen LogP contribution in [0.2, 0.25) is 0 Å². The Morgan fingerprint density at radius 3 is 2.75 bits per heavy atom. The number of hydrogen-bond donors (Lipinski definition) is 1. The summed E-state index contributed by atoms with van der Waals surface area (Å²) in [5.74, 6) is 1.23. The van der Waals surface area contributed by atoms with E-state index in [1.807, 2.05) is 29.2 Å². The molecule has 2 heterocycles. The van der Waals surface area contributed by atoms with Crippen molar-refractivity contribution in [3.05, 3.63) is 59.9 Å². The molecular weight excluding hydrogens is 364 g/mol. The van der Waals surface area contributed by atoms with Gasteiger partial charge in [0, 0.05) is 19.0 Å². The summed E-state index contributed by atoms with van der Waals surface area (Å²) in [6, 6.07) is 14.1. The lowest BCUT2D eigenvalue weighted by atomic mass is 9.96. The number of carbonyl (C=O) groups is 1. The number of amides is 1. The summed E-state index contributed by atoms with van der Waals surface area (Å²) in [6.45, 7) is -1.50. The minimum absolute atomic E-state index is 0.0309. The van der Waals surface area contributed by atoms with Gasteiger partial charge in [-0.15, -0.1) is 0 Å². The van der Waals surface area contributed by atoms with Crippen LogP contribution in [0, 0.1) is 0 Å². The summed E-state index contributed by atoms with van der Waals surface area (Å²) in [6.07, 6.45) is 2.15. The van der Waals surface area contributed by atoms with Gasteiger partial charge in [-0.2, -0.15) is 8.78 Å². The zero-order valence-corrected chi connectivity index (χ0v) is 15.3. The molecule has 1 amide bonds. The zero-order chi connectivity index (χ0) is 19.5. The van der Waals surface area contributed by atoms with Crippen LogP contribution in [0.1, 0.15) is 30.1 Å². The highest BCUT2D eigenvalue weighted by Crippen LogP contribution is 2.27. The average molecular weight is 385 g/mol. The first-order valence-corrected chi connectivity index (χ1v) is 9.34. The summed E-state index contributed by atoms with van der Waals surface area (Å²) in [5, 5.41) is 0. The number of piperidine rings is 1. The van der Waals surface area contributed by atoms with Crippen LogP contribution in [-0.2, 0) is 11.2 Å². The Morgan fingerprint density at radius 2 is 2.00 bits per heavy atom. The van der Waals surface area contributed by atoms with E-state index in [1.165, 1.54) is 12.1 Å². The highest BCUT2D eigenvalue weighted by molar-refractivity contribution is 5.79. The Labute approximate surface area is 161 Å². The number of aromatic amines is 1. The molecule has 1 N–H and O–H groups in total. The Kier molecular flexibility index (Phi) is 5.23. The molecule has 1 aromatic heterocycles. The number of nitrogens with zero attached hydrogens (tertiary/aromatic N) is 2. The quantitative estimate of drug-likeness (QED) is 0.719. The van der Waals surface area contributed by atoms with Crippen molar-refractivity contribution in [2.75, 3.05) is 13.1 Å². The summed E-state index contributed by atoms with van der Waals surface area (Å²) >= 11 is 0.